The molecule has 1 atom stereocenters. The predicted octanol–water partition coefficient (Wildman–Crippen LogP) is -0.306. The number of carboxylic acid groups (broad SMARTS) is 1. The second-order valence-corrected chi connectivity index (χ2v) is 2.90. The topological polar surface area (TPSA) is 69.6 Å². The van der Waals surface area contributed by atoms with Gasteiger partial charge in [0.1, 0.15) is 0 Å². The first kappa shape index (κ1) is 12.6. The largest absolute Gasteiger partial charge is 0.480 e. The van der Waals surface area contributed by atoms with Crippen LogP contribution in [0.15, 0.2) is 12.7 Å². The summed E-state index contributed by atoms with van der Waals surface area (Å²) in [6.45, 7) is 5.38. The van der Waals surface area contributed by atoms with Crippen molar-refractivity contribution in [1.29, 1.82) is 0 Å². The molecule has 0 heterocycles. The molecule has 80 valence electrons. The lowest BCUT2D eigenvalue weighted by molar-refractivity contribution is -0.139. The van der Waals surface area contributed by atoms with Crippen LogP contribution in [0.1, 0.15) is 6.92 Å². The van der Waals surface area contributed by atoms with Crippen molar-refractivity contribution < 1.29 is 14.7 Å². The molecule has 0 bridgehead atoms. The molecule has 5 nitrogen and oxygen atoms in total. The van der Waals surface area contributed by atoms with Crippen molar-refractivity contribution in [3.8, 4) is 0 Å². The number of amides is 1. The van der Waals surface area contributed by atoms with Gasteiger partial charge in [0.15, 0.2) is 0 Å². The van der Waals surface area contributed by atoms with Gasteiger partial charge in [0.05, 0.1) is 12.6 Å². The molecule has 14 heavy (non-hydrogen) atoms. The number of carbonyl (C=O) groups excluding carboxylic acids is 1. The molecule has 0 aromatic carbocycles. The normalized spacial score (nSPS) is 12.2. The third-order valence-electron chi connectivity index (χ3n) is 1.88. The molecule has 0 aromatic heterocycles. The summed E-state index contributed by atoms with van der Waals surface area (Å²) in [6, 6.07) is -0.464. The van der Waals surface area contributed by atoms with Crippen LogP contribution in [0.4, 0.5) is 0 Å². The molecule has 0 aliphatic heterocycles. The number of likely N-dealkylation sites (N-methyl/N-ethyl adjacent to an activating group) is 1. The van der Waals surface area contributed by atoms with Crippen molar-refractivity contribution in [2.24, 2.45) is 0 Å². The molecule has 0 saturated carbocycles. The lowest BCUT2D eigenvalue weighted by Crippen LogP contribution is -2.46. The van der Waals surface area contributed by atoms with E-state index in [1.165, 1.54) is 11.9 Å². The molecule has 0 rings (SSSR count). The van der Waals surface area contributed by atoms with E-state index in [-0.39, 0.29) is 12.5 Å². The Morgan fingerprint density at radius 1 is 1.64 bits per heavy atom. The molecule has 1 amide bonds. The van der Waals surface area contributed by atoms with Crippen LogP contribution in [0.25, 0.3) is 0 Å². The Morgan fingerprint density at radius 2 is 2.21 bits per heavy atom. The zero-order valence-corrected chi connectivity index (χ0v) is 8.49. The van der Waals surface area contributed by atoms with Gasteiger partial charge in [-0.2, -0.15) is 0 Å². The molecule has 0 aliphatic rings. The third-order valence-corrected chi connectivity index (χ3v) is 1.88. The van der Waals surface area contributed by atoms with Crippen LogP contribution in [-0.2, 0) is 9.59 Å². The molecule has 0 saturated heterocycles. The highest BCUT2D eigenvalue weighted by atomic mass is 16.4. The SMILES string of the molecule is C=CCN(CC(=O)O)C(C)C(=O)NC. The Bertz CT molecular complexity index is 228. The van der Waals surface area contributed by atoms with Crippen LogP contribution in [0.3, 0.4) is 0 Å². The first-order valence-electron chi connectivity index (χ1n) is 4.31. The van der Waals surface area contributed by atoms with Crippen LogP contribution in [0.2, 0.25) is 0 Å². The molecule has 1 unspecified atom stereocenters. The molecule has 5 heteroatoms. The standard InChI is InChI=1S/C9H16N2O3/c1-4-5-11(6-8(12)13)7(2)9(14)10-3/h4,7H,1,5-6H2,2-3H3,(H,10,14)(H,12,13). The van der Waals surface area contributed by atoms with E-state index in [4.69, 9.17) is 5.11 Å². The van der Waals surface area contributed by atoms with E-state index in [0.29, 0.717) is 6.54 Å². The Balaban J connectivity index is 4.38. The van der Waals surface area contributed by atoms with Crippen LogP contribution in [-0.4, -0.2) is 48.1 Å². The Hall–Kier alpha value is -1.36. The molecule has 0 spiro atoms. The van der Waals surface area contributed by atoms with Gasteiger partial charge < -0.3 is 10.4 Å². The predicted molar refractivity (Wildman–Crippen MR) is 52.9 cm³/mol. The van der Waals surface area contributed by atoms with Crippen molar-refractivity contribution in [2.75, 3.05) is 20.1 Å². The highest BCUT2D eigenvalue weighted by Crippen LogP contribution is 1.98. The fourth-order valence-corrected chi connectivity index (χ4v) is 1.07. The molecule has 0 fully saturated rings. The van der Waals surface area contributed by atoms with Crippen LogP contribution < -0.4 is 5.32 Å². The van der Waals surface area contributed by atoms with Gasteiger partial charge >= 0.3 is 5.97 Å². The van der Waals surface area contributed by atoms with E-state index in [1.54, 1.807) is 13.0 Å². The summed E-state index contributed by atoms with van der Waals surface area (Å²) >= 11 is 0. The van der Waals surface area contributed by atoms with E-state index in [0.717, 1.165) is 0 Å². The van der Waals surface area contributed by atoms with Gasteiger partial charge in [-0.3, -0.25) is 14.5 Å². The molecule has 2 N–H and O–H groups in total. The van der Waals surface area contributed by atoms with Crippen molar-refractivity contribution in [3.63, 3.8) is 0 Å². The highest BCUT2D eigenvalue weighted by molar-refractivity contribution is 5.81. The van der Waals surface area contributed by atoms with E-state index >= 15 is 0 Å². The number of nitrogens with one attached hydrogen (secondary N) is 1. The maximum absolute atomic E-state index is 11.2. The number of carboxylic acids is 1. The Kier molecular flexibility index (Phi) is 5.55. The minimum atomic E-state index is -0.956. The van der Waals surface area contributed by atoms with Gasteiger partial charge in [0.25, 0.3) is 0 Å². The zero-order valence-electron chi connectivity index (χ0n) is 8.49. The second-order valence-electron chi connectivity index (χ2n) is 2.90. The molecule has 0 aliphatic carbocycles. The summed E-state index contributed by atoms with van der Waals surface area (Å²) < 4.78 is 0. The minimum absolute atomic E-state index is 0.166. The smallest absolute Gasteiger partial charge is 0.317 e. The number of nitrogens with zero attached hydrogens (tertiary/aromatic N) is 1. The minimum Gasteiger partial charge on any atom is -0.480 e. The van der Waals surface area contributed by atoms with Crippen LogP contribution >= 0.6 is 0 Å². The van der Waals surface area contributed by atoms with E-state index in [9.17, 15) is 9.59 Å². The van der Waals surface area contributed by atoms with Crippen molar-refractivity contribution >= 4 is 11.9 Å². The fraction of sp³-hybridized carbons (Fsp3) is 0.556. The summed E-state index contributed by atoms with van der Waals surface area (Å²) in [6.07, 6.45) is 1.57. The average Bonchev–Trinajstić information content (AvgIpc) is 2.14. The van der Waals surface area contributed by atoms with Crippen molar-refractivity contribution in [2.45, 2.75) is 13.0 Å². The van der Waals surface area contributed by atoms with Crippen LogP contribution in [0.5, 0.6) is 0 Å². The lowest BCUT2D eigenvalue weighted by atomic mass is 10.2. The maximum Gasteiger partial charge on any atom is 0.317 e. The molecular weight excluding hydrogens is 184 g/mol. The third kappa shape index (κ3) is 4.04. The summed E-state index contributed by atoms with van der Waals surface area (Å²) in [5, 5.41) is 11.1. The first-order valence-corrected chi connectivity index (χ1v) is 4.31. The lowest BCUT2D eigenvalue weighted by Gasteiger charge is -2.24. The van der Waals surface area contributed by atoms with Gasteiger partial charge in [0, 0.05) is 13.6 Å². The van der Waals surface area contributed by atoms with Gasteiger partial charge in [-0.25, -0.2) is 0 Å². The summed E-state index contributed by atoms with van der Waals surface area (Å²) in [4.78, 5) is 23.2. The van der Waals surface area contributed by atoms with E-state index in [2.05, 4.69) is 11.9 Å². The quantitative estimate of drug-likeness (QED) is 0.577. The van der Waals surface area contributed by atoms with Crippen LogP contribution in [0, 0.1) is 0 Å². The fourth-order valence-electron chi connectivity index (χ4n) is 1.07. The van der Waals surface area contributed by atoms with Gasteiger partial charge in [-0.05, 0) is 6.92 Å². The monoisotopic (exact) mass is 200 g/mol. The van der Waals surface area contributed by atoms with Crippen molar-refractivity contribution in [1.82, 2.24) is 10.2 Å². The summed E-state index contributed by atoms with van der Waals surface area (Å²) in [5.41, 5.74) is 0. The van der Waals surface area contributed by atoms with E-state index < -0.39 is 12.0 Å². The number of aliphatic carboxylic acids is 1. The summed E-state index contributed by atoms with van der Waals surface area (Å²) in [5.74, 6) is -1.16. The molecule has 0 aromatic rings. The second kappa shape index (κ2) is 6.15. The van der Waals surface area contributed by atoms with Gasteiger partial charge in [-0.15, -0.1) is 6.58 Å². The Labute approximate surface area is 83.4 Å². The highest BCUT2D eigenvalue weighted by Gasteiger charge is 2.20. The maximum atomic E-state index is 11.2. The molecule has 0 radical (unpaired) electrons. The number of carbonyl (C=O) groups is 2. The number of rotatable bonds is 6. The average molecular weight is 200 g/mol. The van der Waals surface area contributed by atoms with Gasteiger partial charge in [-0.1, -0.05) is 6.08 Å². The van der Waals surface area contributed by atoms with E-state index in [1.807, 2.05) is 0 Å². The summed E-state index contributed by atoms with van der Waals surface area (Å²) in [7, 11) is 1.52. The van der Waals surface area contributed by atoms with Crippen molar-refractivity contribution in [3.05, 3.63) is 12.7 Å². The zero-order chi connectivity index (χ0) is 11.1. The number of hydrogen-bond acceptors (Lipinski definition) is 3. The van der Waals surface area contributed by atoms with Gasteiger partial charge in [0.2, 0.25) is 5.91 Å². The molecular formula is C9H16N2O3. The first-order chi connectivity index (χ1) is 6.52. The number of hydrogen-bond donors (Lipinski definition) is 2. The Morgan fingerprint density at radius 3 is 2.57 bits per heavy atom.